The predicted molar refractivity (Wildman–Crippen MR) is 106 cm³/mol. The number of aromatic nitrogens is 4. The number of benzene rings is 2. The number of hydrogen-bond donors (Lipinski definition) is 2. The first-order valence-electron chi connectivity index (χ1n) is 8.66. The van der Waals surface area contributed by atoms with Crippen LogP contribution >= 0.6 is 0 Å². The molecule has 2 N–H and O–H groups in total. The minimum absolute atomic E-state index is 0.353. The van der Waals surface area contributed by atoms with E-state index in [0.717, 1.165) is 15.9 Å². The number of carbonyl (C=O) groups excluding carboxylic acids is 1. The van der Waals surface area contributed by atoms with E-state index in [-0.39, 0.29) is 6.54 Å². The van der Waals surface area contributed by atoms with Crippen molar-refractivity contribution in [3.63, 3.8) is 0 Å². The van der Waals surface area contributed by atoms with Crippen LogP contribution in [-0.2, 0) is 11.3 Å². The highest BCUT2D eigenvalue weighted by molar-refractivity contribution is 5.91. The molecule has 0 spiro atoms. The van der Waals surface area contributed by atoms with E-state index in [0.29, 0.717) is 16.6 Å². The molecule has 28 heavy (non-hydrogen) atoms. The Hall–Kier alpha value is -3.94. The average Bonchev–Trinajstić information content (AvgIpc) is 3.11. The number of anilines is 1. The molecule has 140 valence electrons. The molecule has 0 radical (unpaired) electrons. The van der Waals surface area contributed by atoms with Gasteiger partial charge in [-0.15, -0.1) is 0 Å². The average molecular weight is 375 g/mol. The summed E-state index contributed by atoms with van der Waals surface area (Å²) in [6, 6.07) is 15.7. The maximum absolute atomic E-state index is 12.5. The third-order valence-electron chi connectivity index (χ3n) is 4.40. The first kappa shape index (κ1) is 17.5. The Balaban J connectivity index is 1.59. The van der Waals surface area contributed by atoms with Crippen molar-refractivity contribution in [2.75, 3.05) is 5.32 Å². The quantitative estimate of drug-likeness (QED) is 0.568. The summed E-state index contributed by atoms with van der Waals surface area (Å²) < 4.78 is 2.63. The number of hydrogen-bond acceptors (Lipinski definition) is 4. The summed E-state index contributed by atoms with van der Waals surface area (Å²) in [5.74, 6) is -0.475. The van der Waals surface area contributed by atoms with Crippen LogP contribution in [0.1, 0.15) is 5.69 Å². The first-order valence-corrected chi connectivity index (χ1v) is 8.66. The number of aromatic amines is 1. The van der Waals surface area contributed by atoms with Crippen LogP contribution in [0.25, 0.3) is 16.6 Å². The van der Waals surface area contributed by atoms with Crippen LogP contribution in [-0.4, -0.2) is 25.2 Å². The fourth-order valence-electron chi connectivity index (χ4n) is 3.04. The highest BCUT2D eigenvalue weighted by Crippen LogP contribution is 2.15. The number of H-pyrrole nitrogens is 1. The molecule has 0 fully saturated rings. The minimum atomic E-state index is -0.625. The van der Waals surface area contributed by atoms with Crippen LogP contribution in [0.2, 0.25) is 0 Å². The van der Waals surface area contributed by atoms with Crippen molar-refractivity contribution in [2.24, 2.45) is 0 Å². The molecule has 0 bridgehead atoms. The van der Waals surface area contributed by atoms with E-state index in [1.807, 2.05) is 19.1 Å². The molecule has 0 aliphatic rings. The van der Waals surface area contributed by atoms with Gasteiger partial charge in [-0.05, 0) is 43.3 Å². The molecule has 8 heteroatoms. The second kappa shape index (κ2) is 6.99. The highest BCUT2D eigenvalue weighted by atomic mass is 16.2. The smallest absolute Gasteiger partial charge is 0.324 e. The molecular weight excluding hydrogens is 358 g/mol. The largest absolute Gasteiger partial charge is 0.329 e. The summed E-state index contributed by atoms with van der Waals surface area (Å²) >= 11 is 0. The van der Waals surface area contributed by atoms with Crippen LogP contribution in [0.5, 0.6) is 0 Å². The Morgan fingerprint density at radius 3 is 2.71 bits per heavy atom. The zero-order valence-electron chi connectivity index (χ0n) is 15.0. The molecule has 2 aromatic heterocycles. The lowest BCUT2D eigenvalue weighted by Gasteiger charge is -2.10. The fraction of sp³-hybridized carbons (Fsp3) is 0.100. The highest BCUT2D eigenvalue weighted by Gasteiger charge is 2.12. The van der Waals surface area contributed by atoms with Gasteiger partial charge in [0.05, 0.1) is 16.6 Å². The van der Waals surface area contributed by atoms with Crippen molar-refractivity contribution in [3.05, 3.63) is 87.3 Å². The number of amides is 1. The van der Waals surface area contributed by atoms with E-state index in [9.17, 15) is 14.4 Å². The van der Waals surface area contributed by atoms with Gasteiger partial charge in [0, 0.05) is 17.6 Å². The van der Waals surface area contributed by atoms with Gasteiger partial charge in [0.2, 0.25) is 5.91 Å². The van der Waals surface area contributed by atoms with Crippen LogP contribution in [0, 0.1) is 6.92 Å². The Bertz CT molecular complexity index is 1300. The van der Waals surface area contributed by atoms with E-state index in [1.165, 1.54) is 0 Å². The molecule has 0 aliphatic carbocycles. The lowest BCUT2D eigenvalue weighted by Crippen LogP contribution is -2.38. The summed E-state index contributed by atoms with van der Waals surface area (Å²) in [7, 11) is 0. The molecule has 2 aromatic carbocycles. The molecule has 0 saturated heterocycles. The standard InChI is InChI=1S/C20H17N5O3/c1-13-9-10-21-25(13)15-6-4-5-14(11-15)22-18(26)12-24-19(27)16-7-2-3-8-17(16)23-20(24)28/h2-11H,12H2,1H3,(H,22,26)(H,23,28). The Morgan fingerprint density at radius 2 is 1.93 bits per heavy atom. The van der Waals surface area contributed by atoms with Gasteiger partial charge in [0.1, 0.15) is 6.54 Å². The summed E-state index contributed by atoms with van der Waals surface area (Å²) in [5, 5.41) is 7.31. The monoisotopic (exact) mass is 375 g/mol. The molecule has 0 saturated carbocycles. The summed E-state index contributed by atoms with van der Waals surface area (Å²) in [6.45, 7) is 1.54. The number of para-hydroxylation sites is 1. The van der Waals surface area contributed by atoms with Gasteiger partial charge >= 0.3 is 5.69 Å². The van der Waals surface area contributed by atoms with Crippen molar-refractivity contribution in [1.29, 1.82) is 0 Å². The summed E-state index contributed by atoms with van der Waals surface area (Å²) in [4.78, 5) is 39.8. The number of nitrogens with one attached hydrogen (secondary N) is 2. The van der Waals surface area contributed by atoms with Gasteiger partial charge in [0.15, 0.2) is 0 Å². The second-order valence-corrected chi connectivity index (χ2v) is 6.35. The molecule has 4 rings (SSSR count). The first-order chi connectivity index (χ1) is 13.5. The maximum atomic E-state index is 12.5. The molecule has 8 nitrogen and oxygen atoms in total. The zero-order valence-corrected chi connectivity index (χ0v) is 15.0. The van der Waals surface area contributed by atoms with Gasteiger partial charge in [-0.3, -0.25) is 14.2 Å². The Labute approximate surface area is 159 Å². The lowest BCUT2D eigenvalue weighted by atomic mass is 10.2. The topological polar surface area (TPSA) is 102 Å². The minimum Gasteiger partial charge on any atom is -0.324 e. The Kier molecular flexibility index (Phi) is 4.36. The molecule has 2 heterocycles. The maximum Gasteiger partial charge on any atom is 0.329 e. The summed E-state index contributed by atoms with van der Waals surface area (Å²) in [6.07, 6.45) is 1.69. The third-order valence-corrected chi connectivity index (χ3v) is 4.40. The molecule has 0 unspecified atom stereocenters. The second-order valence-electron chi connectivity index (χ2n) is 6.35. The molecule has 4 aromatic rings. The number of fused-ring (bicyclic) bond motifs is 1. The van der Waals surface area contributed by atoms with Crippen LogP contribution < -0.4 is 16.6 Å². The number of aryl methyl sites for hydroxylation is 1. The lowest BCUT2D eigenvalue weighted by molar-refractivity contribution is -0.116. The van der Waals surface area contributed by atoms with E-state index in [1.54, 1.807) is 53.3 Å². The fourth-order valence-corrected chi connectivity index (χ4v) is 3.04. The van der Waals surface area contributed by atoms with E-state index >= 15 is 0 Å². The number of rotatable bonds is 4. The van der Waals surface area contributed by atoms with Crippen molar-refractivity contribution in [2.45, 2.75) is 13.5 Å². The van der Waals surface area contributed by atoms with Gasteiger partial charge in [-0.25, -0.2) is 9.48 Å². The van der Waals surface area contributed by atoms with E-state index in [2.05, 4.69) is 15.4 Å². The third kappa shape index (κ3) is 3.23. The molecule has 1 amide bonds. The zero-order chi connectivity index (χ0) is 19.7. The van der Waals surface area contributed by atoms with Crippen molar-refractivity contribution in [3.8, 4) is 5.69 Å². The van der Waals surface area contributed by atoms with Crippen molar-refractivity contribution < 1.29 is 4.79 Å². The van der Waals surface area contributed by atoms with Gasteiger partial charge in [-0.1, -0.05) is 18.2 Å². The number of nitrogens with zero attached hydrogens (tertiary/aromatic N) is 3. The Morgan fingerprint density at radius 1 is 1.11 bits per heavy atom. The van der Waals surface area contributed by atoms with E-state index < -0.39 is 17.2 Å². The van der Waals surface area contributed by atoms with Crippen molar-refractivity contribution >= 4 is 22.5 Å². The molecule has 0 atom stereocenters. The normalized spacial score (nSPS) is 10.9. The van der Waals surface area contributed by atoms with Gasteiger partial charge in [0.25, 0.3) is 5.56 Å². The van der Waals surface area contributed by atoms with Crippen LogP contribution in [0.15, 0.2) is 70.4 Å². The molecule has 0 aliphatic heterocycles. The summed E-state index contributed by atoms with van der Waals surface area (Å²) in [5.41, 5.74) is 1.60. The predicted octanol–water partition coefficient (Wildman–Crippen LogP) is 1.82. The SMILES string of the molecule is Cc1ccnn1-c1cccc(NC(=O)Cn2c(=O)[nH]c3ccccc3c2=O)c1. The van der Waals surface area contributed by atoms with Gasteiger partial charge in [-0.2, -0.15) is 5.10 Å². The van der Waals surface area contributed by atoms with Crippen LogP contribution in [0.3, 0.4) is 0 Å². The van der Waals surface area contributed by atoms with Gasteiger partial charge < -0.3 is 10.3 Å². The number of carbonyl (C=O) groups is 1. The van der Waals surface area contributed by atoms with Crippen molar-refractivity contribution in [1.82, 2.24) is 19.3 Å². The van der Waals surface area contributed by atoms with E-state index in [4.69, 9.17) is 0 Å². The molecular formula is C20H17N5O3. The van der Waals surface area contributed by atoms with Crippen LogP contribution in [0.4, 0.5) is 5.69 Å².